The van der Waals surface area contributed by atoms with E-state index in [2.05, 4.69) is 78.3 Å². The van der Waals surface area contributed by atoms with E-state index in [-0.39, 0.29) is 0 Å². The zero-order valence-corrected chi connectivity index (χ0v) is 19.5. The molecule has 0 radical (unpaired) electrons. The summed E-state index contributed by atoms with van der Waals surface area (Å²) < 4.78 is 12.9. The molecule has 3 rings (SSSR count). The number of benzene rings is 2. The molecule has 0 aliphatic carbocycles. The van der Waals surface area contributed by atoms with Crippen molar-refractivity contribution in [3.63, 3.8) is 0 Å². The molecule has 0 amide bonds. The van der Waals surface area contributed by atoms with E-state index in [1.807, 2.05) is 24.3 Å². The summed E-state index contributed by atoms with van der Waals surface area (Å²) in [6, 6.07) is 22.8. The quantitative estimate of drug-likeness (QED) is 0.244. The minimum absolute atomic E-state index is 0.874. The van der Waals surface area contributed by atoms with Crippen molar-refractivity contribution in [1.82, 2.24) is 0 Å². The molecule has 3 nitrogen and oxygen atoms in total. The van der Waals surface area contributed by atoms with Crippen molar-refractivity contribution >= 4 is 24.3 Å². The molecule has 3 heteroatoms. The third-order valence-electron chi connectivity index (χ3n) is 5.52. The van der Waals surface area contributed by atoms with Crippen LogP contribution in [0.1, 0.15) is 55.1 Å². The molecular formula is C29H34NO2+. The number of methoxy groups -OCH3 is 2. The minimum Gasteiger partial charge on any atom is -0.497 e. The first-order valence-electron chi connectivity index (χ1n) is 11.4. The third-order valence-corrected chi connectivity index (χ3v) is 5.52. The largest absolute Gasteiger partial charge is 0.497 e. The van der Waals surface area contributed by atoms with Gasteiger partial charge in [-0.2, -0.15) is 4.57 Å². The van der Waals surface area contributed by atoms with Gasteiger partial charge in [0.15, 0.2) is 0 Å². The zero-order chi connectivity index (χ0) is 22.6. The van der Waals surface area contributed by atoms with Gasteiger partial charge >= 0.3 is 0 Å². The van der Waals surface area contributed by atoms with Crippen LogP contribution in [0.3, 0.4) is 0 Å². The van der Waals surface area contributed by atoms with Gasteiger partial charge in [-0.3, -0.25) is 0 Å². The van der Waals surface area contributed by atoms with Crippen molar-refractivity contribution in [3.8, 4) is 11.5 Å². The average Bonchev–Trinajstić information content (AvgIpc) is 2.85. The predicted molar refractivity (Wildman–Crippen MR) is 135 cm³/mol. The average molecular weight is 429 g/mol. The summed E-state index contributed by atoms with van der Waals surface area (Å²) in [5.41, 5.74) is 4.72. The van der Waals surface area contributed by atoms with E-state index < -0.39 is 0 Å². The lowest BCUT2D eigenvalue weighted by Crippen LogP contribution is -2.40. The van der Waals surface area contributed by atoms with Gasteiger partial charge in [-0.1, -0.05) is 44.0 Å². The lowest BCUT2D eigenvalue weighted by Gasteiger charge is -2.05. The first-order valence-corrected chi connectivity index (χ1v) is 11.4. The first-order chi connectivity index (χ1) is 15.7. The topological polar surface area (TPSA) is 22.3 Å². The van der Waals surface area contributed by atoms with Crippen LogP contribution in [-0.4, -0.2) is 14.2 Å². The molecule has 3 aromatic rings. The molecule has 1 heterocycles. The van der Waals surface area contributed by atoms with E-state index in [9.17, 15) is 0 Å². The van der Waals surface area contributed by atoms with E-state index in [0.717, 1.165) is 29.2 Å². The Morgan fingerprint density at radius 1 is 0.625 bits per heavy atom. The monoisotopic (exact) mass is 428 g/mol. The fourth-order valence-electron chi connectivity index (χ4n) is 3.61. The molecule has 0 aliphatic rings. The number of unbranched alkanes of at least 4 members (excludes halogenated alkanes) is 3. The molecule has 0 bridgehead atoms. The second-order valence-corrected chi connectivity index (χ2v) is 7.80. The SMILES string of the molecule is CCCCCC[n+]1c(/C=C/c2ccc(OC)cc2)cccc1/C=C/c1ccc(OC)cc1. The summed E-state index contributed by atoms with van der Waals surface area (Å²) in [7, 11) is 3.38. The standard InChI is InChI=1S/C29H34NO2/c1-4-5-6-7-23-30-26(17-11-24-13-19-28(31-2)20-14-24)9-8-10-27(30)18-12-25-15-21-29(32-3)22-16-25/h8-22H,4-7,23H2,1-3H3/q+1/b17-11+,18-12+. The fraction of sp³-hybridized carbons (Fsp3) is 0.276. The van der Waals surface area contributed by atoms with Gasteiger partial charge < -0.3 is 9.47 Å². The Kier molecular flexibility index (Phi) is 9.12. The fourth-order valence-corrected chi connectivity index (χ4v) is 3.61. The van der Waals surface area contributed by atoms with Crippen molar-refractivity contribution in [1.29, 1.82) is 0 Å². The van der Waals surface area contributed by atoms with Crippen LogP contribution in [0.5, 0.6) is 11.5 Å². The summed E-state index contributed by atoms with van der Waals surface area (Å²) in [6.07, 6.45) is 13.7. The van der Waals surface area contributed by atoms with Gasteiger partial charge in [0.25, 0.3) is 0 Å². The van der Waals surface area contributed by atoms with Gasteiger partial charge in [0.1, 0.15) is 18.0 Å². The van der Waals surface area contributed by atoms with Crippen molar-refractivity contribution in [2.45, 2.75) is 39.2 Å². The number of ether oxygens (including phenoxy) is 2. The van der Waals surface area contributed by atoms with Gasteiger partial charge in [-0.15, -0.1) is 0 Å². The maximum Gasteiger partial charge on any atom is 0.205 e. The molecular weight excluding hydrogens is 394 g/mol. The third kappa shape index (κ3) is 6.84. The predicted octanol–water partition coefficient (Wildman–Crippen LogP) is 6.91. The van der Waals surface area contributed by atoms with Crippen molar-refractivity contribution in [2.24, 2.45) is 0 Å². The number of pyridine rings is 1. The van der Waals surface area contributed by atoms with Crippen LogP contribution in [0.25, 0.3) is 24.3 Å². The van der Waals surface area contributed by atoms with Gasteiger partial charge in [0.05, 0.1) is 14.2 Å². The lowest BCUT2D eigenvalue weighted by atomic mass is 10.1. The van der Waals surface area contributed by atoms with Crippen LogP contribution >= 0.6 is 0 Å². The van der Waals surface area contributed by atoms with Gasteiger partial charge in [0.2, 0.25) is 11.4 Å². The lowest BCUT2D eigenvalue weighted by molar-refractivity contribution is -0.700. The second-order valence-electron chi connectivity index (χ2n) is 7.80. The Balaban J connectivity index is 1.85. The highest BCUT2D eigenvalue weighted by molar-refractivity contribution is 5.69. The molecule has 0 N–H and O–H groups in total. The highest BCUT2D eigenvalue weighted by Gasteiger charge is 2.12. The highest BCUT2D eigenvalue weighted by Crippen LogP contribution is 2.15. The summed E-state index contributed by atoms with van der Waals surface area (Å²) in [5, 5.41) is 0. The number of hydrogen-bond acceptors (Lipinski definition) is 2. The Labute approximate surface area is 192 Å². The second kappa shape index (κ2) is 12.5. The van der Waals surface area contributed by atoms with Crippen LogP contribution in [-0.2, 0) is 6.54 Å². The Hall–Kier alpha value is -3.33. The highest BCUT2D eigenvalue weighted by atomic mass is 16.5. The number of aromatic nitrogens is 1. The smallest absolute Gasteiger partial charge is 0.205 e. The molecule has 0 saturated carbocycles. The van der Waals surface area contributed by atoms with Crippen LogP contribution in [0, 0.1) is 0 Å². The van der Waals surface area contributed by atoms with Crippen molar-refractivity contribution in [3.05, 3.63) is 89.2 Å². The molecule has 0 fully saturated rings. The molecule has 32 heavy (non-hydrogen) atoms. The maximum atomic E-state index is 5.26. The van der Waals surface area contributed by atoms with Crippen LogP contribution in [0.15, 0.2) is 66.7 Å². The van der Waals surface area contributed by atoms with Crippen LogP contribution in [0.2, 0.25) is 0 Å². The van der Waals surface area contributed by atoms with E-state index in [0.29, 0.717) is 0 Å². The molecule has 2 aromatic carbocycles. The number of rotatable bonds is 11. The Bertz CT molecular complexity index is 942. The Morgan fingerprint density at radius 3 is 1.56 bits per heavy atom. The molecule has 0 saturated heterocycles. The summed E-state index contributed by atoms with van der Waals surface area (Å²) in [5.74, 6) is 1.75. The van der Waals surface area contributed by atoms with E-state index in [4.69, 9.17) is 9.47 Å². The van der Waals surface area contributed by atoms with Gasteiger partial charge in [-0.05, 0) is 60.0 Å². The summed E-state index contributed by atoms with van der Waals surface area (Å²) >= 11 is 0. The number of hydrogen-bond donors (Lipinski definition) is 0. The number of nitrogens with zero attached hydrogens (tertiary/aromatic N) is 1. The maximum absolute atomic E-state index is 5.26. The van der Waals surface area contributed by atoms with E-state index >= 15 is 0 Å². The Morgan fingerprint density at radius 2 is 1.12 bits per heavy atom. The normalized spacial score (nSPS) is 11.3. The van der Waals surface area contributed by atoms with E-state index in [1.165, 1.54) is 37.1 Å². The van der Waals surface area contributed by atoms with E-state index in [1.54, 1.807) is 14.2 Å². The summed E-state index contributed by atoms with van der Waals surface area (Å²) in [4.78, 5) is 0. The zero-order valence-electron chi connectivity index (χ0n) is 19.5. The molecule has 0 unspecified atom stereocenters. The molecule has 0 aliphatic heterocycles. The first kappa shape index (κ1) is 23.3. The van der Waals surface area contributed by atoms with Gasteiger partial charge in [-0.25, -0.2) is 0 Å². The van der Waals surface area contributed by atoms with Crippen molar-refractivity contribution in [2.75, 3.05) is 14.2 Å². The van der Waals surface area contributed by atoms with Crippen LogP contribution in [0.4, 0.5) is 0 Å². The molecule has 0 spiro atoms. The molecule has 166 valence electrons. The summed E-state index contributed by atoms with van der Waals surface area (Å²) in [6.45, 7) is 3.26. The molecule has 1 aromatic heterocycles. The van der Waals surface area contributed by atoms with Gasteiger partial charge in [0, 0.05) is 30.7 Å². The minimum atomic E-state index is 0.874. The van der Waals surface area contributed by atoms with Crippen molar-refractivity contribution < 1.29 is 14.0 Å². The van der Waals surface area contributed by atoms with Crippen LogP contribution < -0.4 is 14.0 Å². The molecule has 0 atom stereocenters.